The van der Waals surface area contributed by atoms with Crippen LogP contribution in [-0.2, 0) is 19.7 Å². The Hall–Kier alpha value is -4.01. The molecule has 0 atom stereocenters. The van der Waals surface area contributed by atoms with Crippen LogP contribution in [0.5, 0.6) is 5.75 Å². The van der Waals surface area contributed by atoms with Gasteiger partial charge in [-0.2, -0.15) is 0 Å². The first kappa shape index (κ1) is 19.3. The molecule has 0 unspecified atom stereocenters. The molecule has 0 spiro atoms. The average Bonchev–Trinajstić information content (AvgIpc) is 3.44. The molecule has 0 saturated heterocycles. The molecule has 2 aromatic carbocycles. The molecule has 2 aromatic heterocycles. The number of amides is 1. The highest BCUT2D eigenvalue weighted by atomic mass is 16.5. The fraction of sp³-hybridized carbons (Fsp3) is 0.190. The first-order valence-electron chi connectivity index (χ1n) is 9.55. The van der Waals surface area contributed by atoms with Crippen LogP contribution in [0.3, 0.4) is 0 Å². The van der Waals surface area contributed by atoms with Crippen LogP contribution >= 0.6 is 0 Å². The first-order valence-corrected chi connectivity index (χ1v) is 9.55. The Morgan fingerprint density at radius 1 is 1.17 bits per heavy atom. The predicted octanol–water partition coefficient (Wildman–Crippen LogP) is 2.77. The van der Waals surface area contributed by atoms with Gasteiger partial charge in [-0.05, 0) is 53.2 Å². The number of nitrogens with zero attached hydrogens (tertiary/aromatic N) is 6. The van der Waals surface area contributed by atoms with Crippen LogP contribution in [0, 0.1) is 0 Å². The molecule has 0 aliphatic carbocycles. The molecule has 30 heavy (non-hydrogen) atoms. The maximum atomic E-state index is 12.7. The highest BCUT2D eigenvalue weighted by Crippen LogP contribution is 2.17. The summed E-state index contributed by atoms with van der Waals surface area (Å²) in [4.78, 5) is 16.8. The van der Waals surface area contributed by atoms with Crippen molar-refractivity contribution in [2.24, 2.45) is 0 Å². The number of imidazole rings is 1. The number of carbonyl (C=O) groups excluding carboxylic acids is 1. The van der Waals surface area contributed by atoms with Crippen molar-refractivity contribution in [2.75, 3.05) is 5.32 Å². The number of benzene rings is 2. The molecule has 9 heteroatoms. The van der Waals surface area contributed by atoms with Crippen molar-refractivity contribution in [3.8, 4) is 5.75 Å². The zero-order valence-electron chi connectivity index (χ0n) is 16.5. The maximum absolute atomic E-state index is 12.7. The molecule has 0 fully saturated rings. The van der Waals surface area contributed by atoms with Crippen LogP contribution in [0.1, 0.15) is 28.7 Å². The van der Waals surface area contributed by atoms with Crippen LogP contribution in [0.2, 0.25) is 0 Å². The largest absolute Gasteiger partial charge is 0.486 e. The van der Waals surface area contributed by atoms with Crippen molar-refractivity contribution >= 4 is 11.6 Å². The van der Waals surface area contributed by atoms with Gasteiger partial charge in [-0.3, -0.25) is 4.79 Å². The zero-order chi connectivity index (χ0) is 20.8. The summed E-state index contributed by atoms with van der Waals surface area (Å²) in [5.74, 6) is 0.989. The smallest absolute Gasteiger partial charge is 0.255 e. The van der Waals surface area contributed by atoms with Crippen LogP contribution in [-0.4, -0.2) is 35.7 Å². The Bertz CT molecular complexity index is 1120. The van der Waals surface area contributed by atoms with Gasteiger partial charge in [0.15, 0.2) is 5.82 Å². The number of nitrogens with one attached hydrogen (secondary N) is 1. The highest BCUT2D eigenvalue weighted by Gasteiger charge is 2.10. The second-order valence-corrected chi connectivity index (χ2v) is 6.62. The van der Waals surface area contributed by atoms with Gasteiger partial charge in [-0.15, -0.1) is 5.10 Å². The molecule has 2 heterocycles. The monoisotopic (exact) mass is 403 g/mol. The lowest BCUT2D eigenvalue weighted by Crippen LogP contribution is -2.12. The molecule has 1 amide bonds. The van der Waals surface area contributed by atoms with Gasteiger partial charge in [0.1, 0.15) is 12.4 Å². The molecule has 0 saturated carbocycles. The molecular weight excluding hydrogens is 382 g/mol. The third-order valence-electron chi connectivity index (χ3n) is 4.48. The Kier molecular flexibility index (Phi) is 5.79. The van der Waals surface area contributed by atoms with Gasteiger partial charge in [0.05, 0.1) is 6.33 Å². The van der Waals surface area contributed by atoms with E-state index in [0.29, 0.717) is 30.2 Å². The number of tetrazole rings is 1. The summed E-state index contributed by atoms with van der Waals surface area (Å²) in [5.41, 5.74) is 2.30. The topological polar surface area (TPSA) is 99.8 Å². The van der Waals surface area contributed by atoms with Crippen molar-refractivity contribution in [2.45, 2.75) is 26.6 Å². The third-order valence-corrected chi connectivity index (χ3v) is 4.48. The summed E-state index contributed by atoms with van der Waals surface area (Å²) in [5, 5.41) is 14.4. The quantitative estimate of drug-likeness (QED) is 0.486. The number of ether oxygens (including phenoxy) is 1. The van der Waals surface area contributed by atoms with Crippen LogP contribution in [0.15, 0.2) is 67.3 Å². The average molecular weight is 403 g/mol. The van der Waals surface area contributed by atoms with Gasteiger partial charge in [-0.1, -0.05) is 18.2 Å². The molecule has 9 nitrogen and oxygen atoms in total. The first-order chi connectivity index (χ1) is 14.7. The number of rotatable bonds is 8. The Morgan fingerprint density at radius 3 is 2.90 bits per heavy atom. The standard InChI is InChI=1S/C21H21N7O2/c1-2-28-20(24-25-26-28)14-30-19-8-4-6-17(12-19)21(29)23-18-7-3-5-16(11-18)13-27-10-9-22-15-27/h3-12,15H,2,13-14H2,1H3,(H,23,29). The van der Waals surface area contributed by atoms with Crippen LogP contribution in [0.4, 0.5) is 5.69 Å². The van der Waals surface area contributed by atoms with Gasteiger partial charge < -0.3 is 14.6 Å². The molecule has 0 aliphatic rings. The lowest BCUT2D eigenvalue weighted by Gasteiger charge is -2.10. The summed E-state index contributed by atoms with van der Waals surface area (Å²) in [6.45, 7) is 3.52. The minimum absolute atomic E-state index is 0.210. The van der Waals surface area contributed by atoms with Crippen molar-refractivity contribution < 1.29 is 9.53 Å². The second-order valence-electron chi connectivity index (χ2n) is 6.62. The van der Waals surface area contributed by atoms with E-state index in [9.17, 15) is 4.79 Å². The van der Waals surface area contributed by atoms with Gasteiger partial charge in [0.2, 0.25) is 0 Å². The Balaban J connectivity index is 1.40. The van der Waals surface area contributed by atoms with E-state index in [4.69, 9.17) is 4.74 Å². The number of anilines is 1. The summed E-state index contributed by atoms with van der Waals surface area (Å²) >= 11 is 0. The SMILES string of the molecule is CCn1nnnc1COc1cccc(C(=O)Nc2cccc(Cn3ccnc3)c2)c1. The van der Waals surface area contributed by atoms with Crippen molar-refractivity contribution in [1.82, 2.24) is 29.8 Å². The Morgan fingerprint density at radius 2 is 2.07 bits per heavy atom. The lowest BCUT2D eigenvalue weighted by atomic mass is 10.1. The minimum atomic E-state index is -0.210. The van der Waals surface area contributed by atoms with Gasteiger partial charge in [0.25, 0.3) is 5.91 Å². The highest BCUT2D eigenvalue weighted by molar-refractivity contribution is 6.04. The molecule has 0 bridgehead atoms. The van der Waals surface area contributed by atoms with Crippen molar-refractivity contribution in [3.63, 3.8) is 0 Å². The van der Waals surface area contributed by atoms with E-state index < -0.39 is 0 Å². The summed E-state index contributed by atoms with van der Waals surface area (Å²) in [6.07, 6.45) is 5.40. The van der Waals surface area contributed by atoms with E-state index >= 15 is 0 Å². The predicted molar refractivity (Wildman–Crippen MR) is 110 cm³/mol. The maximum Gasteiger partial charge on any atom is 0.255 e. The third kappa shape index (κ3) is 4.69. The van der Waals surface area contributed by atoms with Crippen LogP contribution in [0.25, 0.3) is 0 Å². The van der Waals surface area contributed by atoms with E-state index in [-0.39, 0.29) is 12.5 Å². The molecule has 0 aliphatic heterocycles. The lowest BCUT2D eigenvalue weighted by molar-refractivity contribution is 0.102. The molecule has 1 N–H and O–H groups in total. The number of hydrogen-bond acceptors (Lipinski definition) is 6. The van der Waals surface area contributed by atoms with E-state index in [2.05, 4.69) is 25.8 Å². The molecule has 152 valence electrons. The van der Waals surface area contributed by atoms with E-state index in [1.807, 2.05) is 42.0 Å². The van der Waals surface area contributed by atoms with Crippen molar-refractivity contribution in [3.05, 3.63) is 84.2 Å². The number of carbonyl (C=O) groups is 1. The van der Waals surface area contributed by atoms with Gasteiger partial charge >= 0.3 is 0 Å². The normalized spacial score (nSPS) is 10.7. The van der Waals surface area contributed by atoms with Crippen LogP contribution < -0.4 is 10.1 Å². The van der Waals surface area contributed by atoms with Gasteiger partial charge in [-0.25, -0.2) is 9.67 Å². The fourth-order valence-corrected chi connectivity index (χ4v) is 2.99. The molecule has 4 rings (SSSR count). The summed E-state index contributed by atoms with van der Waals surface area (Å²) in [6, 6.07) is 14.7. The summed E-state index contributed by atoms with van der Waals surface area (Å²) < 4.78 is 9.39. The zero-order valence-corrected chi connectivity index (χ0v) is 16.5. The Labute approximate surface area is 173 Å². The van der Waals surface area contributed by atoms with Gasteiger partial charge in [0, 0.05) is 36.7 Å². The van der Waals surface area contributed by atoms with E-state index in [1.165, 1.54) is 0 Å². The molecule has 4 aromatic rings. The minimum Gasteiger partial charge on any atom is -0.486 e. The van der Waals surface area contributed by atoms with E-state index in [0.717, 1.165) is 11.3 Å². The molecular formula is C21H21N7O2. The van der Waals surface area contributed by atoms with E-state index in [1.54, 1.807) is 41.5 Å². The van der Waals surface area contributed by atoms with Crippen molar-refractivity contribution in [1.29, 1.82) is 0 Å². The number of aromatic nitrogens is 6. The number of aryl methyl sites for hydroxylation is 1. The fourth-order valence-electron chi connectivity index (χ4n) is 2.99. The number of hydrogen-bond donors (Lipinski definition) is 1. The summed E-state index contributed by atoms with van der Waals surface area (Å²) in [7, 11) is 0. The second kappa shape index (κ2) is 8.99. The molecule has 0 radical (unpaired) electrons.